The van der Waals surface area contributed by atoms with Crippen LogP contribution in [0.4, 0.5) is 28.8 Å². The summed E-state index contributed by atoms with van der Waals surface area (Å²) >= 11 is 0. The molecular weight excluding hydrogens is 611 g/mol. The molecule has 3 heterocycles. The molecule has 1 aromatic heterocycles. The van der Waals surface area contributed by atoms with Gasteiger partial charge in [0.15, 0.2) is 9.84 Å². The minimum absolute atomic E-state index is 0.238. The number of hydrogen-bond acceptors (Lipinski definition) is 10. The van der Waals surface area contributed by atoms with Crippen LogP contribution in [-0.2, 0) is 9.84 Å². The van der Waals surface area contributed by atoms with E-state index in [1.807, 2.05) is 36.4 Å². The molecule has 0 unspecified atom stereocenters. The number of anilines is 5. The third-order valence-corrected chi connectivity index (χ3v) is 11.9. The number of para-hydroxylation sites is 2. The van der Waals surface area contributed by atoms with Crippen molar-refractivity contribution in [2.24, 2.45) is 0 Å². The molecule has 2 fully saturated rings. The fourth-order valence-electron chi connectivity index (χ4n) is 6.78. The molecule has 2 aliphatic heterocycles. The van der Waals surface area contributed by atoms with E-state index in [4.69, 9.17) is 14.7 Å². The number of piperidine rings is 2. The highest BCUT2D eigenvalue weighted by atomic mass is 32.2. The van der Waals surface area contributed by atoms with Crippen LogP contribution in [0.5, 0.6) is 5.75 Å². The zero-order chi connectivity index (χ0) is 33.1. The van der Waals surface area contributed by atoms with Crippen molar-refractivity contribution in [1.29, 1.82) is 0 Å². The third-order valence-electron chi connectivity index (χ3n) is 9.68. The van der Waals surface area contributed by atoms with E-state index < -0.39 is 15.1 Å². The minimum atomic E-state index is -3.52. The van der Waals surface area contributed by atoms with Crippen molar-refractivity contribution in [3.05, 3.63) is 66.7 Å². The maximum atomic E-state index is 13.1. The van der Waals surface area contributed by atoms with Crippen LogP contribution < -0.4 is 20.3 Å². The smallest absolute Gasteiger partial charge is 0.229 e. The Hall–Kier alpha value is -3.93. The fourth-order valence-corrected chi connectivity index (χ4v) is 7.99. The van der Waals surface area contributed by atoms with Crippen molar-refractivity contribution in [2.45, 2.75) is 61.8 Å². The zero-order valence-corrected chi connectivity index (χ0v) is 28.9. The van der Waals surface area contributed by atoms with Crippen LogP contribution in [0.3, 0.4) is 0 Å². The maximum absolute atomic E-state index is 13.1. The number of rotatable bonds is 10. The van der Waals surface area contributed by atoms with Crippen molar-refractivity contribution in [1.82, 2.24) is 19.8 Å². The summed E-state index contributed by atoms with van der Waals surface area (Å²) < 4.78 is 32.1. The maximum Gasteiger partial charge on any atom is 0.229 e. The number of aromatic nitrogens is 2. The van der Waals surface area contributed by atoms with Gasteiger partial charge in [0, 0.05) is 42.3 Å². The number of benzene rings is 3. The SMILES string of the molecule is COc1cc(N2CCC(N3CCC(N(C)C)CC3)CC2)ccc1Nc1nc(Nc2ccccc2S(=O)(=O)C(C)C)c2ccccc2n1. The van der Waals surface area contributed by atoms with Gasteiger partial charge in [0.1, 0.15) is 11.6 Å². The number of sulfone groups is 1. The van der Waals surface area contributed by atoms with Gasteiger partial charge in [-0.15, -0.1) is 0 Å². The van der Waals surface area contributed by atoms with Gasteiger partial charge in [0.25, 0.3) is 0 Å². The van der Waals surface area contributed by atoms with Gasteiger partial charge in [-0.2, -0.15) is 4.98 Å². The molecule has 2 aliphatic rings. The Bertz CT molecular complexity index is 1800. The summed E-state index contributed by atoms with van der Waals surface area (Å²) in [6.07, 6.45) is 4.84. The van der Waals surface area contributed by atoms with E-state index in [-0.39, 0.29) is 4.90 Å². The summed E-state index contributed by atoms with van der Waals surface area (Å²) in [5.41, 5.74) is 3.08. The molecule has 10 nitrogen and oxygen atoms in total. The lowest BCUT2D eigenvalue weighted by molar-refractivity contribution is 0.0960. The second-order valence-corrected chi connectivity index (χ2v) is 15.6. The molecule has 47 heavy (non-hydrogen) atoms. The van der Waals surface area contributed by atoms with Gasteiger partial charge >= 0.3 is 0 Å². The number of ether oxygens (including phenoxy) is 1. The first-order valence-electron chi connectivity index (χ1n) is 16.6. The lowest BCUT2D eigenvalue weighted by atomic mass is 9.97. The Morgan fingerprint density at radius 1 is 0.851 bits per heavy atom. The number of fused-ring (bicyclic) bond motifs is 1. The Balaban J connectivity index is 1.19. The summed E-state index contributed by atoms with van der Waals surface area (Å²) in [7, 11) is 2.55. The molecule has 0 saturated carbocycles. The third kappa shape index (κ3) is 7.17. The van der Waals surface area contributed by atoms with Crippen molar-refractivity contribution < 1.29 is 13.2 Å². The summed E-state index contributed by atoms with van der Waals surface area (Å²) in [6.45, 7) is 7.80. The first-order chi connectivity index (χ1) is 22.6. The highest BCUT2D eigenvalue weighted by Crippen LogP contribution is 2.35. The van der Waals surface area contributed by atoms with Crippen LogP contribution in [-0.4, -0.2) is 92.9 Å². The van der Waals surface area contributed by atoms with Gasteiger partial charge < -0.3 is 30.1 Å². The summed E-state index contributed by atoms with van der Waals surface area (Å²) in [5, 5.41) is 6.89. The van der Waals surface area contributed by atoms with Crippen LogP contribution in [0.1, 0.15) is 39.5 Å². The highest BCUT2D eigenvalue weighted by molar-refractivity contribution is 7.92. The van der Waals surface area contributed by atoms with Crippen LogP contribution in [0.15, 0.2) is 71.6 Å². The highest BCUT2D eigenvalue weighted by Gasteiger charge is 2.29. The standard InChI is InChI=1S/C36H47N7O3S/c1-25(2)47(44,45)34-13-9-8-12-32(34)37-35-29-10-6-7-11-30(29)38-36(40-35)39-31-15-14-28(24-33(31)46-5)43-22-18-27(19-23-43)42-20-16-26(17-21-42)41(3)4/h6-15,24-27H,16-23H2,1-5H3,(H2,37,38,39,40). The fraction of sp³-hybridized carbons (Fsp3) is 0.444. The van der Waals surface area contributed by atoms with Crippen molar-refractivity contribution in [3.63, 3.8) is 0 Å². The monoisotopic (exact) mass is 657 g/mol. The average molecular weight is 658 g/mol. The second kappa shape index (κ2) is 14.0. The van der Waals surface area contributed by atoms with Gasteiger partial charge in [-0.3, -0.25) is 0 Å². The van der Waals surface area contributed by atoms with E-state index in [1.165, 1.54) is 25.9 Å². The number of likely N-dealkylation sites (tertiary alicyclic amines) is 1. The number of methoxy groups -OCH3 is 1. The van der Waals surface area contributed by atoms with E-state index >= 15 is 0 Å². The first-order valence-corrected chi connectivity index (χ1v) is 18.2. The van der Waals surface area contributed by atoms with Gasteiger partial charge in [-0.05, 0) is 103 Å². The molecule has 0 bridgehead atoms. The molecule has 0 aliphatic carbocycles. The quantitative estimate of drug-likeness (QED) is 0.202. The van der Waals surface area contributed by atoms with E-state index in [2.05, 4.69) is 51.6 Å². The summed E-state index contributed by atoms with van der Waals surface area (Å²) in [4.78, 5) is 17.4. The largest absolute Gasteiger partial charge is 0.494 e. The zero-order valence-electron chi connectivity index (χ0n) is 28.1. The normalized spacial score (nSPS) is 17.0. The topological polar surface area (TPSA) is 103 Å². The van der Waals surface area contributed by atoms with E-state index in [9.17, 15) is 8.42 Å². The van der Waals surface area contributed by atoms with E-state index in [0.29, 0.717) is 35.3 Å². The second-order valence-electron chi connectivity index (χ2n) is 13.1. The Morgan fingerprint density at radius 3 is 2.26 bits per heavy atom. The number of nitrogens with zero attached hydrogens (tertiary/aromatic N) is 5. The molecule has 4 aromatic rings. The molecule has 0 radical (unpaired) electrons. The lowest BCUT2D eigenvalue weighted by Crippen LogP contribution is -2.50. The van der Waals surface area contributed by atoms with Crippen molar-refractivity contribution >= 4 is 49.6 Å². The summed E-state index contributed by atoms with van der Waals surface area (Å²) in [5.74, 6) is 1.59. The molecule has 2 saturated heterocycles. The van der Waals surface area contributed by atoms with Crippen LogP contribution in [0, 0.1) is 0 Å². The van der Waals surface area contributed by atoms with Gasteiger partial charge in [-0.1, -0.05) is 24.3 Å². The number of hydrogen-bond donors (Lipinski definition) is 2. The predicted molar refractivity (Wildman–Crippen MR) is 191 cm³/mol. The van der Waals surface area contributed by atoms with Crippen molar-refractivity contribution in [2.75, 3.05) is 62.9 Å². The van der Waals surface area contributed by atoms with Crippen LogP contribution in [0.25, 0.3) is 10.9 Å². The first kappa shape index (κ1) is 33.0. The molecule has 3 aromatic carbocycles. The van der Waals surface area contributed by atoms with Crippen LogP contribution >= 0.6 is 0 Å². The van der Waals surface area contributed by atoms with E-state index in [0.717, 1.165) is 48.2 Å². The Labute approximate surface area is 279 Å². The van der Waals surface area contributed by atoms with Crippen LogP contribution in [0.2, 0.25) is 0 Å². The Kier molecular flexibility index (Phi) is 9.86. The predicted octanol–water partition coefficient (Wildman–Crippen LogP) is 6.30. The molecule has 2 N–H and O–H groups in total. The molecule has 250 valence electrons. The number of nitrogens with one attached hydrogen (secondary N) is 2. The molecule has 6 rings (SSSR count). The van der Waals surface area contributed by atoms with Crippen molar-refractivity contribution in [3.8, 4) is 5.75 Å². The molecule has 0 spiro atoms. The van der Waals surface area contributed by atoms with Gasteiger partial charge in [0.05, 0.1) is 34.1 Å². The Morgan fingerprint density at radius 2 is 1.55 bits per heavy atom. The summed E-state index contributed by atoms with van der Waals surface area (Å²) in [6, 6.07) is 22.2. The van der Waals surface area contributed by atoms with Gasteiger partial charge in [0.2, 0.25) is 5.95 Å². The minimum Gasteiger partial charge on any atom is -0.494 e. The average Bonchev–Trinajstić information content (AvgIpc) is 3.08. The van der Waals surface area contributed by atoms with E-state index in [1.54, 1.807) is 39.2 Å². The lowest BCUT2D eigenvalue weighted by Gasteiger charge is -2.43. The van der Waals surface area contributed by atoms with Gasteiger partial charge in [-0.25, -0.2) is 13.4 Å². The molecular formula is C36H47N7O3S. The molecule has 0 atom stereocenters. The molecule has 0 amide bonds. The molecule has 11 heteroatoms.